The van der Waals surface area contributed by atoms with Crippen LogP contribution in [0.5, 0.6) is 0 Å². The third-order valence-electron chi connectivity index (χ3n) is 3.21. The average molecular weight is 301 g/mol. The summed E-state index contributed by atoms with van der Waals surface area (Å²) >= 11 is 1.89. The van der Waals surface area contributed by atoms with Gasteiger partial charge in [0, 0.05) is 22.9 Å². The fraction of sp³-hybridized carbons (Fsp3) is 0.353. The van der Waals surface area contributed by atoms with Crippen molar-refractivity contribution in [1.82, 2.24) is 10.3 Å². The number of nitrogens with zero attached hydrogens (tertiary/aromatic N) is 1. The van der Waals surface area contributed by atoms with Gasteiger partial charge in [0.25, 0.3) is 0 Å². The lowest BCUT2D eigenvalue weighted by Crippen LogP contribution is -2.34. The van der Waals surface area contributed by atoms with Crippen LogP contribution in [-0.4, -0.2) is 23.3 Å². The van der Waals surface area contributed by atoms with Gasteiger partial charge in [-0.25, -0.2) is 4.98 Å². The Balaban J connectivity index is 1.94. The molecule has 0 saturated carbocycles. The van der Waals surface area contributed by atoms with Gasteiger partial charge in [-0.3, -0.25) is 0 Å². The minimum absolute atomic E-state index is 0.442. The zero-order chi connectivity index (χ0) is 14.9. The molecule has 1 atom stereocenters. The van der Waals surface area contributed by atoms with Crippen molar-refractivity contribution in [3.05, 3.63) is 54.2 Å². The molecule has 0 aliphatic rings. The van der Waals surface area contributed by atoms with E-state index in [9.17, 15) is 0 Å². The molecular weight excluding hydrogens is 278 g/mol. The minimum atomic E-state index is 0.442. The van der Waals surface area contributed by atoms with Gasteiger partial charge >= 0.3 is 0 Å². The second-order valence-corrected chi connectivity index (χ2v) is 6.16. The van der Waals surface area contributed by atoms with Crippen molar-refractivity contribution in [3.63, 3.8) is 0 Å². The van der Waals surface area contributed by atoms with E-state index in [4.69, 9.17) is 5.73 Å². The number of benzene rings is 1. The Morgan fingerprint density at radius 2 is 2.05 bits per heavy atom. The molecule has 1 heterocycles. The first-order valence-electron chi connectivity index (χ1n) is 7.39. The summed E-state index contributed by atoms with van der Waals surface area (Å²) in [6.07, 6.45) is 3.91. The van der Waals surface area contributed by atoms with Crippen molar-refractivity contribution < 1.29 is 0 Å². The maximum atomic E-state index is 5.76. The molecule has 2 rings (SSSR count). The molecule has 1 aromatic heterocycles. The Morgan fingerprint density at radius 3 is 2.76 bits per heavy atom. The molecule has 0 radical (unpaired) electrons. The summed E-state index contributed by atoms with van der Waals surface area (Å²) in [5.41, 5.74) is 7.00. The highest BCUT2D eigenvalue weighted by molar-refractivity contribution is 7.99. The zero-order valence-electron chi connectivity index (χ0n) is 12.5. The smallest absolute Gasteiger partial charge is 0.123 e. The number of nitrogen functional groups attached to an aromatic ring is 1. The molecule has 0 amide bonds. The van der Waals surface area contributed by atoms with E-state index >= 15 is 0 Å². The number of aromatic nitrogens is 1. The molecule has 3 N–H and O–H groups in total. The first-order chi connectivity index (χ1) is 10.3. The molecule has 4 heteroatoms. The van der Waals surface area contributed by atoms with Gasteiger partial charge in [-0.2, -0.15) is 0 Å². The van der Waals surface area contributed by atoms with Crippen molar-refractivity contribution in [1.29, 1.82) is 0 Å². The molecule has 0 saturated heterocycles. The Labute approximate surface area is 131 Å². The van der Waals surface area contributed by atoms with Crippen molar-refractivity contribution in [3.8, 4) is 0 Å². The lowest BCUT2D eigenvalue weighted by atomic mass is 10.1. The van der Waals surface area contributed by atoms with E-state index < -0.39 is 0 Å². The first kappa shape index (κ1) is 15.9. The molecule has 1 aromatic carbocycles. The lowest BCUT2D eigenvalue weighted by molar-refractivity contribution is 0.550. The number of thioether (sulfide) groups is 1. The van der Waals surface area contributed by atoms with E-state index in [2.05, 4.69) is 47.6 Å². The van der Waals surface area contributed by atoms with E-state index in [1.165, 1.54) is 10.5 Å². The van der Waals surface area contributed by atoms with Crippen LogP contribution >= 0.6 is 11.8 Å². The Hall–Kier alpha value is -1.52. The van der Waals surface area contributed by atoms with Gasteiger partial charge in [0.15, 0.2) is 0 Å². The van der Waals surface area contributed by atoms with Gasteiger partial charge in [-0.05, 0) is 49.2 Å². The summed E-state index contributed by atoms with van der Waals surface area (Å²) in [6.45, 7) is 3.24. The number of nitrogens with two attached hydrogens (primary N) is 1. The summed E-state index contributed by atoms with van der Waals surface area (Å²) < 4.78 is 0. The van der Waals surface area contributed by atoms with Crippen LogP contribution in [-0.2, 0) is 6.42 Å². The fourth-order valence-electron chi connectivity index (χ4n) is 2.16. The molecule has 0 fully saturated rings. The van der Waals surface area contributed by atoms with Gasteiger partial charge in [0.05, 0.1) is 0 Å². The molecule has 0 spiro atoms. The molecule has 1 unspecified atom stereocenters. The van der Waals surface area contributed by atoms with Gasteiger partial charge in [-0.15, -0.1) is 11.8 Å². The van der Waals surface area contributed by atoms with Gasteiger partial charge in [0.2, 0.25) is 0 Å². The van der Waals surface area contributed by atoms with E-state index in [-0.39, 0.29) is 0 Å². The van der Waals surface area contributed by atoms with Crippen LogP contribution in [0.15, 0.2) is 53.6 Å². The summed E-state index contributed by atoms with van der Waals surface area (Å²) in [7, 11) is 0. The summed E-state index contributed by atoms with van der Waals surface area (Å²) in [6, 6.07) is 15.0. The predicted molar refractivity (Wildman–Crippen MR) is 91.6 cm³/mol. The highest BCUT2D eigenvalue weighted by Crippen LogP contribution is 2.19. The highest BCUT2D eigenvalue weighted by Gasteiger charge is 2.10. The Morgan fingerprint density at radius 1 is 1.24 bits per heavy atom. The molecule has 112 valence electrons. The van der Waals surface area contributed by atoms with E-state index in [1.54, 1.807) is 6.20 Å². The van der Waals surface area contributed by atoms with Gasteiger partial charge < -0.3 is 11.1 Å². The van der Waals surface area contributed by atoms with Crippen molar-refractivity contribution >= 4 is 17.6 Å². The van der Waals surface area contributed by atoms with Crippen LogP contribution in [0.3, 0.4) is 0 Å². The molecule has 0 aliphatic heterocycles. The SMILES string of the molecule is CCCNC(CSc1ccccc1)Cc1ccnc(N)c1. The van der Waals surface area contributed by atoms with E-state index in [1.807, 2.05) is 23.9 Å². The van der Waals surface area contributed by atoms with Gasteiger partial charge in [0.1, 0.15) is 5.82 Å². The number of hydrogen-bond donors (Lipinski definition) is 2. The first-order valence-corrected chi connectivity index (χ1v) is 8.38. The van der Waals surface area contributed by atoms with E-state index in [0.717, 1.165) is 25.1 Å². The summed E-state index contributed by atoms with van der Waals surface area (Å²) in [5.74, 6) is 1.64. The molecule has 2 aromatic rings. The van der Waals surface area contributed by atoms with Crippen molar-refractivity contribution in [2.75, 3.05) is 18.0 Å². The number of pyridine rings is 1. The maximum absolute atomic E-state index is 5.76. The Bertz CT molecular complexity index is 531. The topological polar surface area (TPSA) is 50.9 Å². The predicted octanol–water partition coefficient (Wildman–Crippen LogP) is 3.37. The molecule has 0 aliphatic carbocycles. The number of rotatable bonds is 8. The van der Waals surface area contributed by atoms with Crippen LogP contribution in [0, 0.1) is 0 Å². The minimum Gasteiger partial charge on any atom is -0.384 e. The quantitative estimate of drug-likeness (QED) is 0.734. The van der Waals surface area contributed by atoms with Gasteiger partial charge in [-0.1, -0.05) is 25.1 Å². The third-order valence-corrected chi connectivity index (χ3v) is 4.38. The van der Waals surface area contributed by atoms with Crippen LogP contribution in [0.2, 0.25) is 0 Å². The van der Waals surface area contributed by atoms with Crippen LogP contribution in [0.1, 0.15) is 18.9 Å². The van der Waals surface area contributed by atoms with Crippen LogP contribution in [0.4, 0.5) is 5.82 Å². The molecule has 0 bridgehead atoms. The number of hydrogen-bond acceptors (Lipinski definition) is 4. The summed E-state index contributed by atoms with van der Waals surface area (Å²) in [5, 5.41) is 3.63. The Kier molecular flexibility index (Phi) is 6.57. The molecular formula is C17H23N3S. The van der Waals surface area contributed by atoms with E-state index in [0.29, 0.717) is 11.9 Å². The number of nitrogens with one attached hydrogen (secondary N) is 1. The summed E-state index contributed by atoms with van der Waals surface area (Å²) in [4.78, 5) is 5.37. The zero-order valence-corrected chi connectivity index (χ0v) is 13.3. The monoisotopic (exact) mass is 301 g/mol. The second-order valence-electron chi connectivity index (χ2n) is 5.07. The third kappa shape index (κ3) is 5.78. The fourth-order valence-corrected chi connectivity index (χ4v) is 3.14. The molecule has 3 nitrogen and oxygen atoms in total. The van der Waals surface area contributed by atoms with Crippen LogP contribution in [0.25, 0.3) is 0 Å². The second kappa shape index (κ2) is 8.70. The largest absolute Gasteiger partial charge is 0.384 e. The van der Waals surface area contributed by atoms with Crippen molar-refractivity contribution in [2.45, 2.75) is 30.7 Å². The number of anilines is 1. The normalized spacial score (nSPS) is 12.2. The van der Waals surface area contributed by atoms with Crippen molar-refractivity contribution in [2.24, 2.45) is 0 Å². The van der Waals surface area contributed by atoms with Crippen LogP contribution < -0.4 is 11.1 Å². The average Bonchev–Trinajstić information content (AvgIpc) is 2.51. The standard InChI is InChI=1S/C17H23N3S/c1-2-9-19-15(11-14-8-10-20-17(18)12-14)13-21-16-6-4-3-5-7-16/h3-8,10,12,15,19H,2,9,11,13H2,1H3,(H2,18,20). The lowest BCUT2D eigenvalue weighted by Gasteiger charge is -2.18. The highest BCUT2D eigenvalue weighted by atomic mass is 32.2. The maximum Gasteiger partial charge on any atom is 0.123 e. The molecule has 21 heavy (non-hydrogen) atoms.